The van der Waals surface area contributed by atoms with Crippen molar-refractivity contribution in [2.24, 2.45) is 11.8 Å². The van der Waals surface area contributed by atoms with Crippen LogP contribution in [-0.2, 0) is 30.3 Å². The Hall–Kier alpha value is -3.95. The van der Waals surface area contributed by atoms with E-state index >= 15 is 4.79 Å². The van der Waals surface area contributed by atoms with Gasteiger partial charge >= 0.3 is 5.97 Å². The Bertz CT molecular complexity index is 1460. The summed E-state index contributed by atoms with van der Waals surface area (Å²) in [5.74, 6) is -2.90. The van der Waals surface area contributed by atoms with E-state index in [0.717, 1.165) is 24.3 Å². The molecule has 2 amide bonds. The van der Waals surface area contributed by atoms with Crippen molar-refractivity contribution in [3.05, 3.63) is 85.5 Å². The number of hydrogen-bond donors (Lipinski definition) is 1. The fourth-order valence-corrected chi connectivity index (χ4v) is 8.35. The minimum Gasteiger partial charge on any atom is -0.465 e. The van der Waals surface area contributed by atoms with Gasteiger partial charge in [-0.2, -0.15) is 0 Å². The van der Waals surface area contributed by atoms with E-state index in [-0.39, 0.29) is 31.6 Å². The van der Waals surface area contributed by atoms with Gasteiger partial charge in [-0.25, -0.2) is 0 Å². The van der Waals surface area contributed by atoms with Crippen LogP contribution >= 0.6 is 0 Å². The molecule has 2 aromatic rings. The molecule has 3 aliphatic rings. The number of carbonyl (C=O) groups is 3. The standard InChI is InChI=1S/C39H51N3O6/c1-6-11-15-25-47-37(46)33-32-35(44)42(31(27-43)26-28-16-13-12-14-17-28)34(39(32)23-22-38(33,8-3)48-39)36(45)41(24-7-2)30-20-18-29(19-21-30)40(9-4)10-5/h6-7,12-14,16-21,31-34,43H,1-2,8-11,15,22-27H2,3-5H3/t31-,32+,33+,34?,38-,39?/m1/s1. The lowest BCUT2D eigenvalue weighted by molar-refractivity contribution is -0.162. The average Bonchev–Trinajstić information content (AvgIpc) is 3.72. The van der Waals surface area contributed by atoms with Gasteiger partial charge in [-0.15, -0.1) is 13.2 Å². The Labute approximate surface area is 285 Å². The number of benzene rings is 2. The Morgan fingerprint density at radius 1 is 1.04 bits per heavy atom. The second-order valence-electron chi connectivity index (χ2n) is 13.1. The summed E-state index contributed by atoms with van der Waals surface area (Å²) in [6.07, 6.45) is 6.59. The number of carbonyl (C=O) groups excluding carboxylic acids is 3. The van der Waals surface area contributed by atoms with Crippen molar-refractivity contribution in [1.82, 2.24) is 4.90 Å². The normalized spacial score (nSPS) is 26.2. The summed E-state index contributed by atoms with van der Waals surface area (Å²) >= 11 is 0. The van der Waals surface area contributed by atoms with Crippen molar-refractivity contribution in [2.75, 3.05) is 42.6 Å². The molecular weight excluding hydrogens is 606 g/mol. The predicted octanol–water partition coefficient (Wildman–Crippen LogP) is 5.32. The maximum absolute atomic E-state index is 15.1. The van der Waals surface area contributed by atoms with Crippen LogP contribution in [0.1, 0.15) is 58.4 Å². The third-order valence-corrected chi connectivity index (χ3v) is 10.7. The van der Waals surface area contributed by atoms with Crippen LogP contribution in [0.5, 0.6) is 0 Å². The second kappa shape index (κ2) is 15.1. The SMILES string of the molecule is C=CCCCOC(=O)[C@@H]1[C@H]2C(=O)N([C@@H](CO)Cc3ccccc3)C(C(=O)N(CC=C)c3ccc(N(CC)CC)cc3)C23CC[C@@]1(CC)O3. The van der Waals surface area contributed by atoms with E-state index in [1.54, 1.807) is 22.0 Å². The van der Waals surface area contributed by atoms with Gasteiger partial charge in [-0.05, 0) is 82.2 Å². The largest absolute Gasteiger partial charge is 0.465 e. The minimum atomic E-state index is -1.25. The Morgan fingerprint density at radius 3 is 2.33 bits per heavy atom. The van der Waals surface area contributed by atoms with Crippen LogP contribution in [0.15, 0.2) is 79.9 Å². The number of aliphatic hydroxyl groups excluding tert-OH is 1. The molecule has 0 aliphatic carbocycles. The highest BCUT2D eigenvalue weighted by Gasteiger charge is 2.79. The van der Waals surface area contributed by atoms with Crippen molar-refractivity contribution in [3.63, 3.8) is 0 Å². The molecule has 6 atom stereocenters. The van der Waals surface area contributed by atoms with Gasteiger partial charge in [-0.3, -0.25) is 14.4 Å². The maximum atomic E-state index is 15.1. The number of likely N-dealkylation sites (tertiary alicyclic amines) is 1. The Balaban J connectivity index is 1.58. The van der Waals surface area contributed by atoms with Crippen molar-refractivity contribution >= 4 is 29.2 Å². The minimum absolute atomic E-state index is 0.207. The monoisotopic (exact) mass is 657 g/mol. The molecule has 3 saturated heterocycles. The van der Waals surface area contributed by atoms with Gasteiger partial charge < -0.3 is 29.3 Å². The highest BCUT2D eigenvalue weighted by Crippen LogP contribution is 2.65. The van der Waals surface area contributed by atoms with Gasteiger partial charge in [0, 0.05) is 31.0 Å². The van der Waals surface area contributed by atoms with E-state index in [1.807, 2.05) is 61.5 Å². The van der Waals surface area contributed by atoms with Crippen LogP contribution in [0.3, 0.4) is 0 Å². The zero-order chi connectivity index (χ0) is 34.5. The number of esters is 1. The summed E-state index contributed by atoms with van der Waals surface area (Å²) in [6, 6.07) is 15.7. The molecule has 2 unspecified atom stereocenters. The van der Waals surface area contributed by atoms with Crippen LogP contribution < -0.4 is 9.80 Å². The van der Waals surface area contributed by atoms with E-state index in [9.17, 15) is 14.7 Å². The number of allylic oxidation sites excluding steroid dienone is 1. The quantitative estimate of drug-likeness (QED) is 0.140. The number of nitrogens with zero attached hydrogens (tertiary/aromatic N) is 3. The number of unbranched alkanes of at least 4 members (excludes halogenated alkanes) is 1. The lowest BCUT2D eigenvalue weighted by atomic mass is 9.65. The van der Waals surface area contributed by atoms with E-state index in [1.165, 1.54) is 0 Å². The van der Waals surface area contributed by atoms with Gasteiger partial charge in [-0.1, -0.05) is 49.4 Å². The molecule has 9 nitrogen and oxygen atoms in total. The number of anilines is 2. The van der Waals surface area contributed by atoms with Gasteiger partial charge in [0.15, 0.2) is 0 Å². The van der Waals surface area contributed by atoms with Crippen LogP contribution in [0.4, 0.5) is 11.4 Å². The van der Waals surface area contributed by atoms with Crippen LogP contribution in [0, 0.1) is 11.8 Å². The lowest BCUT2D eigenvalue weighted by Crippen LogP contribution is -2.59. The van der Waals surface area contributed by atoms with Gasteiger partial charge in [0.25, 0.3) is 5.91 Å². The highest BCUT2D eigenvalue weighted by molar-refractivity contribution is 6.05. The smallest absolute Gasteiger partial charge is 0.312 e. The van der Waals surface area contributed by atoms with Crippen molar-refractivity contribution < 1.29 is 29.0 Å². The Morgan fingerprint density at radius 2 is 1.73 bits per heavy atom. The first-order chi connectivity index (χ1) is 23.2. The molecule has 2 bridgehead atoms. The van der Waals surface area contributed by atoms with E-state index in [0.29, 0.717) is 44.2 Å². The fourth-order valence-electron chi connectivity index (χ4n) is 8.35. The molecule has 3 heterocycles. The summed E-state index contributed by atoms with van der Waals surface area (Å²) in [6.45, 7) is 15.6. The first-order valence-corrected chi connectivity index (χ1v) is 17.5. The summed E-state index contributed by atoms with van der Waals surface area (Å²) < 4.78 is 12.7. The number of aliphatic hydroxyl groups is 1. The molecule has 1 N–H and O–H groups in total. The topological polar surface area (TPSA) is 99.6 Å². The van der Waals surface area contributed by atoms with Gasteiger partial charge in [0.2, 0.25) is 5.91 Å². The van der Waals surface area contributed by atoms with Crippen LogP contribution in [0.2, 0.25) is 0 Å². The number of fused-ring (bicyclic) bond motifs is 1. The summed E-state index contributed by atoms with van der Waals surface area (Å²) in [4.78, 5) is 49.3. The molecule has 258 valence electrons. The van der Waals surface area contributed by atoms with Crippen molar-refractivity contribution in [3.8, 4) is 0 Å². The fraction of sp³-hybridized carbons (Fsp3) is 0.513. The number of rotatable bonds is 17. The van der Waals surface area contributed by atoms with Crippen LogP contribution in [-0.4, -0.2) is 83.9 Å². The summed E-state index contributed by atoms with van der Waals surface area (Å²) in [7, 11) is 0. The lowest BCUT2D eigenvalue weighted by Gasteiger charge is -2.39. The number of amides is 2. The zero-order valence-corrected chi connectivity index (χ0v) is 28.7. The molecule has 0 saturated carbocycles. The number of ether oxygens (including phenoxy) is 2. The van der Waals surface area contributed by atoms with E-state index in [2.05, 4.69) is 31.9 Å². The molecule has 48 heavy (non-hydrogen) atoms. The number of hydrogen-bond acceptors (Lipinski definition) is 7. The molecule has 3 fully saturated rings. The molecular formula is C39H51N3O6. The molecule has 0 aromatic heterocycles. The Kier molecular flexibility index (Phi) is 11.1. The predicted molar refractivity (Wildman–Crippen MR) is 188 cm³/mol. The molecule has 1 spiro atoms. The summed E-state index contributed by atoms with van der Waals surface area (Å²) in [5.41, 5.74) is 0.477. The van der Waals surface area contributed by atoms with Gasteiger partial charge in [0.05, 0.1) is 30.8 Å². The third-order valence-electron chi connectivity index (χ3n) is 10.7. The molecule has 5 rings (SSSR count). The van der Waals surface area contributed by atoms with E-state index < -0.39 is 41.1 Å². The third kappa shape index (κ3) is 6.18. The first kappa shape index (κ1) is 35.4. The maximum Gasteiger partial charge on any atom is 0.312 e. The van der Waals surface area contributed by atoms with Crippen molar-refractivity contribution in [1.29, 1.82) is 0 Å². The molecule has 2 aromatic carbocycles. The summed E-state index contributed by atoms with van der Waals surface area (Å²) in [5, 5.41) is 10.8. The molecule has 9 heteroatoms. The van der Waals surface area contributed by atoms with E-state index in [4.69, 9.17) is 9.47 Å². The molecule has 3 aliphatic heterocycles. The zero-order valence-electron chi connectivity index (χ0n) is 28.7. The average molecular weight is 658 g/mol. The van der Waals surface area contributed by atoms with Gasteiger partial charge in [0.1, 0.15) is 17.6 Å². The van der Waals surface area contributed by atoms with Crippen LogP contribution in [0.25, 0.3) is 0 Å². The highest BCUT2D eigenvalue weighted by atomic mass is 16.6. The first-order valence-electron chi connectivity index (χ1n) is 17.5. The van der Waals surface area contributed by atoms with Crippen molar-refractivity contribution in [2.45, 2.75) is 82.6 Å². The molecule has 0 radical (unpaired) electrons. The second-order valence-corrected chi connectivity index (χ2v) is 13.1.